The summed E-state index contributed by atoms with van der Waals surface area (Å²) >= 11 is 0. The van der Waals surface area contributed by atoms with Gasteiger partial charge in [0, 0.05) is 19.3 Å². The van der Waals surface area contributed by atoms with Crippen molar-refractivity contribution < 1.29 is 14.7 Å². The molecule has 21 heavy (non-hydrogen) atoms. The number of aromatic amines is 1. The number of nitrogens with zero attached hydrogens (tertiary/aromatic N) is 2. The molecule has 1 aromatic heterocycles. The average molecular weight is 287 g/mol. The number of aromatic nitrogens is 2. The fourth-order valence-electron chi connectivity index (χ4n) is 2.06. The molecule has 1 aromatic carbocycles. The zero-order valence-corrected chi connectivity index (χ0v) is 12.0. The second-order valence-corrected chi connectivity index (χ2v) is 4.88. The highest BCUT2D eigenvalue weighted by molar-refractivity contribution is 5.92. The molecule has 0 aliphatic heterocycles. The van der Waals surface area contributed by atoms with Crippen LogP contribution in [0.2, 0.25) is 0 Å². The minimum atomic E-state index is -0.956. The van der Waals surface area contributed by atoms with E-state index in [0.717, 1.165) is 5.69 Å². The number of aromatic carboxylic acids is 1. The number of H-pyrrole nitrogens is 1. The lowest BCUT2D eigenvalue weighted by Gasteiger charge is -2.16. The van der Waals surface area contributed by atoms with Crippen LogP contribution in [0.5, 0.6) is 0 Å². The molecule has 0 unspecified atom stereocenters. The Morgan fingerprint density at radius 3 is 2.67 bits per heavy atom. The minimum Gasteiger partial charge on any atom is -0.478 e. The van der Waals surface area contributed by atoms with Crippen molar-refractivity contribution in [1.29, 1.82) is 0 Å². The van der Waals surface area contributed by atoms with Crippen LogP contribution in [0.4, 0.5) is 0 Å². The van der Waals surface area contributed by atoms with Crippen LogP contribution in [0.15, 0.2) is 30.3 Å². The van der Waals surface area contributed by atoms with Crippen LogP contribution in [-0.2, 0) is 6.42 Å². The molecule has 0 fully saturated rings. The number of likely N-dealkylation sites (N-methyl/N-ethyl adjacent to an activating group) is 1. The van der Waals surface area contributed by atoms with E-state index in [9.17, 15) is 9.59 Å². The highest BCUT2D eigenvalue weighted by Gasteiger charge is 2.16. The molecule has 1 amide bonds. The molecule has 110 valence electrons. The van der Waals surface area contributed by atoms with Crippen LogP contribution in [0.25, 0.3) is 0 Å². The van der Waals surface area contributed by atoms with Gasteiger partial charge in [-0.05, 0) is 31.0 Å². The number of carbonyl (C=O) groups excluding carboxylic acids is 1. The first-order valence-corrected chi connectivity index (χ1v) is 6.57. The summed E-state index contributed by atoms with van der Waals surface area (Å²) in [6.07, 6.45) is 0.480. The summed E-state index contributed by atoms with van der Waals surface area (Å²) in [5.74, 6) is -1.14. The van der Waals surface area contributed by atoms with Gasteiger partial charge in [-0.1, -0.05) is 18.2 Å². The molecule has 0 saturated heterocycles. The number of benzene rings is 1. The molecule has 1 heterocycles. The number of carbonyl (C=O) groups is 2. The summed E-state index contributed by atoms with van der Waals surface area (Å²) in [5, 5.41) is 15.8. The molecular weight excluding hydrogens is 270 g/mol. The SMILES string of the molecule is Cc1cc(C(=O)N(C)CCc2ccccc2C(=O)O)n[nH]1. The monoisotopic (exact) mass is 287 g/mol. The van der Waals surface area contributed by atoms with Crippen molar-refractivity contribution in [1.82, 2.24) is 15.1 Å². The molecule has 6 heteroatoms. The first-order chi connectivity index (χ1) is 9.99. The number of carboxylic acid groups (broad SMARTS) is 1. The molecule has 2 rings (SSSR count). The van der Waals surface area contributed by atoms with E-state index in [4.69, 9.17) is 5.11 Å². The average Bonchev–Trinajstić information content (AvgIpc) is 2.90. The smallest absolute Gasteiger partial charge is 0.335 e. The summed E-state index contributed by atoms with van der Waals surface area (Å²) in [4.78, 5) is 24.8. The first-order valence-electron chi connectivity index (χ1n) is 6.57. The number of aryl methyl sites for hydroxylation is 1. The zero-order chi connectivity index (χ0) is 15.4. The van der Waals surface area contributed by atoms with E-state index in [1.54, 1.807) is 37.4 Å². The molecule has 0 spiro atoms. The number of nitrogens with one attached hydrogen (secondary N) is 1. The van der Waals surface area contributed by atoms with Gasteiger partial charge in [0.05, 0.1) is 5.56 Å². The Labute approximate surface area is 122 Å². The molecule has 2 aromatic rings. The van der Waals surface area contributed by atoms with Crippen LogP contribution in [0, 0.1) is 6.92 Å². The molecule has 0 bridgehead atoms. The molecule has 0 radical (unpaired) electrons. The van der Waals surface area contributed by atoms with Crippen molar-refractivity contribution >= 4 is 11.9 Å². The molecule has 0 atom stereocenters. The van der Waals surface area contributed by atoms with Gasteiger partial charge < -0.3 is 10.0 Å². The Morgan fingerprint density at radius 1 is 1.33 bits per heavy atom. The third-order valence-electron chi connectivity index (χ3n) is 3.24. The van der Waals surface area contributed by atoms with E-state index in [0.29, 0.717) is 24.2 Å². The van der Waals surface area contributed by atoms with Gasteiger partial charge in [-0.25, -0.2) is 4.79 Å². The van der Waals surface area contributed by atoms with Crippen molar-refractivity contribution in [2.75, 3.05) is 13.6 Å². The predicted octanol–water partition coefficient (Wildman–Crippen LogP) is 1.73. The van der Waals surface area contributed by atoms with Crippen LogP contribution < -0.4 is 0 Å². The second-order valence-electron chi connectivity index (χ2n) is 4.88. The van der Waals surface area contributed by atoms with E-state index in [-0.39, 0.29) is 11.5 Å². The number of hydrogen-bond donors (Lipinski definition) is 2. The number of amides is 1. The van der Waals surface area contributed by atoms with Gasteiger partial charge in [-0.2, -0.15) is 5.10 Å². The number of carboxylic acids is 1. The number of hydrogen-bond acceptors (Lipinski definition) is 3. The van der Waals surface area contributed by atoms with Gasteiger partial charge in [-0.3, -0.25) is 9.89 Å². The Morgan fingerprint density at radius 2 is 2.05 bits per heavy atom. The Kier molecular flexibility index (Phi) is 4.37. The van der Waals surface area contributed by atoms with Gasteiger partial charge in [0.25, 0.3) is 5.91 Å². The molecular formula is C15H17N3O3. The van der Waals surface area contributed by atoms with Crippen LogP contribution >= 0.6 is 0 Å². The van der Waals surface area contributed by atoms with Crippen LogP contribution in [0.1, 0.15) is 32.1 Å². The summed E-state index contributed by atoms with van der Waals surface area (Å²) in [5.41, 5.74) is 2.17. The highest BCUT2D eigenvalue weighted by atomic mass is 16.4. The van der Waals surface area contributed by atoms with Crippen molar-refractivity contribution in [3.05, 3.63) is 52.8 Å². The third-order valence-corrected chi connectivity index (χ3v) is 3.24. The maximum absolute atomic E-state index is 12.1. The van der Waals surface area contributed by atoms with E-state index >= 15 is 0 Å². The Balaban J connectivity index is 2.03. The fraction of sp³-hybridized carbons (Fsp3) is 0.267. The summed E-state index contributed by atoms with van der Waals surface area (Å²) in [6, 6.07) is 8.50. The predicted molar refractivity (Wildman–Crippen MR) is 77.4 cm³/mol. The second kappa shape index (κ2) is 6.21. The minimum absolute atomic E-state index is 0.188. The van der Waals surface area contributed by atoms with E-state index in [1.165, 1.54) is 4.90 Å². The van der Waals surface area contributed by atoms with Crippen molar-refractivity contribution in [2.24, 2.45) is 0 Å². The normalized spacial score (nSPS) is 10.4. The molecule has 0 saturated carbocycles. The van der Waals surface area contributed by atoms with Crippen molar-refractivity contribution in [3.63, 3.8) is 0 Å². The van der Waals surface area contributed by atoms with Gasteiger partial charge in [0.15, 0.2) is 0 Å². The quantitative estimate of drug-likeness (QED) is 0.877. The molecule has 0 aliphatic carbocycles. The summed E-state index contributed by atoms with van der Waals surface area (Å²) in [7, 11) is 1.68. The van der Waals surface area contributed by atoms with E-state index in [2.05, 4.69) is 10.2 Å². The van der Waals surface area contributed by atoms with Gasteiger partial charge >= 0.3 is 5.97 Å². The van der Waals surface area contributed by atoms with Gasteiger partial charge in [0.1, 0.15) is 5.69 Å². The van der Waals surface area contributed by atoms with Crippen molar-refractivity contribution in [3.8, 4) is 0 Å². The Hall–Kier alpha value is -2.63. The summed E-state index contributed by atoms with van der Waals surface area (Å²) in [6.45, 7) is 2.25. The highest BCUT2D eigenvalue weighted by Crippen LogP contribution is 2.11. The third kappa shape index (κ3) is 3.47. The summed E-state index contributed by atoms with van der Waals surface area (Å²) < 4.78 is 0. The van der Waals surface area contributed by atoms with Crippen molar-refractivity contribution in [2.45, 2.75) is 13.3 Å². The number of rotatable bonds is 5. The van der Waals surface area contributed by atoms with Crippen LogP contribution in [-0.4, -0.2) is 45.7 Å². The first kappa shape index (κ1) is 14.8. The standard InChI is InChI=1S/C15H17N3O3/c1-10-9-13(17-16-10)14(19)18(2)8-7-11-5-3-4-6-12(11)15(20)21/h3-6,9H,7-8H2,1-2H3,(H,16,17)(H,20,21). The van der Waals surface area contributed by atoms with Crippen LogP contribution in [0.3, 0.4) is 0 Å². The maximum atomic E-state index is 12.1. The molecule has 6 nitrogen and oxygen atoms in total. The Bertz CT molecular complexity index is 664. The topological polar surface area (TPSA) is 86.3 Å². The molecule has 2 N–H and O–H groups in total. The lowest BCUT2D eigenvalue weighted by atomic mass is 10.0. The van der Waals surface area contributed by atoms with Gasteiger partial charge in [0.2, 0.25) is 0 Å². The lowest BCUT2D eigenvalue weighted by Crippen LogP contribution is -2.29. The largest absolute Gasteiger partial charge is 0.478 e. The molecule has 0 aliphatic rings. The van der Waals surface area contributed by atoms with E-state index < -0.39 is 5.97 Å². The van der Waals surface area contributed by atoms with E-state index in [1.807, 2.05) is 6.92 Å². The van der Waals surface area contributed by atoms with Gasteiger partial charge in [-0.15, -0.1) is 0 Å². The lowest BCUT2D eigenvalue weighted by molar-refractivity contribution is 0.0695. The zero-order valence-electron chi connectivity index (χ0n) is 12.0. The maximum Gasteiger partial charge on any atom is 0.335 e. The fourth-order valence-corrected chi connectivity index (χ4v) is 2.06.